The molecule has 0 saturated heterocycles. The maximum absolute atomic E-state index is 12.1. The number of anilines is 1. The molecule has 1 N–H and O–H groups in total. The molecule has 1 unspecified atom stereocenters. The summed E-state index contributed by atoms with van der Waals surface area (Å²) in [6, 6.07) is 4.76. The van der Waals surface area contributed by atoms with Gasteiger partial charge in [-0.3, -0.25) is 9.69 Å². The van der Waals surface area contributed by atoms with Crippen molar-refractivity contribution < 1.29 is 9.90 Å². The van der Waals surface area contributed by atoms with Gasteiger partial charge in [-0.2, -0.15) is 0 Å². The molecule has 0 aliphatic carbocycles. The molecule has 7 heteroatoms. The number of amides is 1. The third-order valence-corrected chi connectivity index (χ3v) is 4.00. The summed E-state index contributed by atoms with van der Waals surface area (Å²) in [6.45, 7) is 0. The van der Waals surface area contributed by atoms with Gasteiger partial charge in [0.1, 0.15) is 0 Å². The van der Waals surface area contributed by atoms with E-state index in [1.54, 1.807) is 36.8 Å². The summed E-state index contributed by atoms with van der Waals surface area (Å²) in [6.07, 6.45) is 0.602. The van der Waals surface area contributed by atoms with E-state index in [0.29, 0.717) is 20.7 Å². The van der Waals surface area contributed by atoms with Crippen LogP contribution in [0.5, 0.6) is 0 Å². The van der Waals surface area contributed by atoms with Gasteiger partial charge in [0.25, 0.3) is 0 Å². The lowest BCUT2D eigenvalue weighted by atomic mass is 10.1. The number of aromatic nitrogens is 1. The molecule has 0 spiro atoms. The summed E-state index contributed by atoms with van der Waals surface area (Å²) in [4.78, 5) is 17.5. The summed E-state index contributed by atoms with van der Waals surface area (Å²) >= 11 is 13.1. The molecule has 2 aromatic rings. The van der Waals surface area contributed by atoms with E-state index in [9.17, 15) is 9.90 Å². The number of nitrogens with zero attached hydrogens (tertiary/aromatic N) is 2. The van der Waals surface area contributed by atoms with Crippen LogP contribution in [-0.4, -0.2) is 23.0 Å². The van der Waals surface area contributed by atoms with Crippen LogP contribution < -0.4 is 4.90 Å². The molecular formula is C13H12Cl2N2O2S. The number of benzene rings is 1. The highest BCUT2D eigenvalue weighted by Gasteiger charge is 2.19. The molecule has 0 saturated carbocycles. The fourth-order valence-electron chi connectivity index (χ4n) is 1.68. The van der Waals surface area contributed by atoms with Gasteiger partial charge in [-0.05, 0) is 23.8 Å². The molecule has 0 aliphatic heterocycles. The van der Waals surface area contributed by atoms with Crippen LogP contribution in [-0.2, 0) is 4.79 Å². The fraction of sp³-hybridized carbons (Fsp3) is 0.231. The summed E-state index contributed by atoms with van der Waals surface area (Å²) in [5.41, 5.74) is 0.517. The number of rotatable bonds is 4. The average molecular weight is 331 g/mol. The molecule has 0 radical (unpaired) electrons. The molecule has 2 rings (SSSR count). The number of halogens is 2. The predicted molar refractivity (Wildman–Crippen MR) is 81.6 cm³/mol. The molecule has 1 aromatic carbocycles. The Morgan fingerprint density at radius 2 is 2.05 bits per heavy atom. The summed E-state index contributed by atoms with van der Waals surface area (Å²) in [7, 11) is 1.62. The second-order valence-electron chi connectivity index (χ2n) is 4.19. The first-order chi connectivity index (χ1) is 9.47. The van der Waals surface area contributed by atoms with Crippen LogP contribution in [0.25, 0.3) is 0 Å². The second kappa shape index (κ2) is 6.54. The van der Waals surface area contributed by atoms with Gasteiger partial charge in [-0.1, -0.05) is 23.2 Å². The van der Waals surface area contributed by atoms with Gasteiger partial charge in [0.15, 0.2) is 5.13 Å². The first-order valence-electron chi connectivity index (χ1n) is 5.77. The van der Waals surface area contributed by atoms with Gasteiger partial charge in [-0.15, -0.1) is 11.3 Å². The van der Waals surface area contributed by atoms with E-state index in [2.05, 4.69) is 4.98 Å². The van der Waals surface area contributed by atoms with Crippen molar-refractivity contribution in [3.63, 3.8) is 0 Å². The fourth-order valence-corrected chi connectivity index (χ4v) is 2.84. The highest BCUT2D eigenvalue weighted by Crippen LogP contribution is 2.26. The lowest BCUT2D eigenvalue weighted by molar-refractivity contribution is -0.120. The maximum atomic E-state index is 12.1. The molecule has 4 nitrogen and oxygen atoms in total. The van der Waals surface area contributed by atoms with Crippen LogP contribution in [0, 0.1) is 0 Å². The standard InChI is InChI=1S/C13H12Cl2N2O2S/c1-17(13-16-2-3-20-13)12(19)7-11(18)8-4-9(14)6-10(15)5-8/h2-6,11,18H,7H2,1H3. The predicted octanol–water partition coefficient (Wildman–Crippen LogP) is 3.54. The van der Waals surface area contributed by atoms with Crippen molar-refractivity contribution in [3.8, 4) is 0 Å². The zero-order chi connectivity index (χ0) is 14.7. The first-order valence-corrected chi connectivity index (χ1v) is 7.41. The molecule has 0 fully saturated rings. The topological polar surface area (TPSA) is 53.4 Å². The molecule has 1 amide bonds. The first kappa shape index (κ1) is 15.3. The zero-order valence-electron chi connectivity index (χ0n) is 10.6. The molecule has 106 valence electrons. The Bertz CT molecular complexity index is 584. The van der Waals surface area contributed by atoms with Gasteiger partial charge >= 0.3 is 0 Å². The van der Waals surface area contributed by atoms with E-state index >= 15 is 0 Å². The van der Waals surface area contributed by atoms with Crippen LogP contribution >= 0.6 is 34.5 Å². The van der Waals surface area contributed by atoms with Gasteiger partial charge < -0.3 is 5.11 Å². The van der Waals surface area contributed by atoms with Crippen molar-refractivity contribution in [2.75, 3.05) is 11.9 Å². The molecule has 1 atom stereocenters. The van der Waals surface area contributed by atoms with Gasteiger partial charge in [-0.25, -0.2) is 4.98 Å². The van der Waals surface area contributed by atoms with Crippen molar-refractivity contribution in [1.82, 2.24) is 4.98 Å². The third-order valence-electron chi connectivity index (χ3n) is 2.72. The largest absolute Gasteiger partial charge is 0.388 e. The summed E-state index contributed by atoms with van der Waals surface area (Å²) in [5, 5.41) is 13.3. The Labute approximate surface area is 130 Å². The number of aliphatic hydroxyl groups is 1. The number of aliphatic hydroxyl groups excluding tert-OH is 1. The second-order valence-corrected chi connectivity index (χ2v) is 5.94. The molecular weight excluding hydrogens is 319 g/mol. The van der Waals surface area contributed by atoms with Crippen molar-refractivity contribution in [2.45, 2.75) is 12.5 Å². The van der Waals surface area contributed by atoms with Crippen molar-refractivity contribution in [1.29, 1.82) is 0 Å². The Morgan fingerprint density at radius 3 is 2.60 bits per heavy atom. The number of hydrogen-bond acceptors (Lipinski definition) is 4. The van der Waals surface area contributed by atoms with E-state index in [1.165, 1.54) is 16.2 Å². The SMILES string of the molecule is CN(C(=O)CC(O)c1cc(Cl)cc(Cl)c1)c1nccs1. The Morgan fingerprint density at radius 1 is 1.40 bits per heavy atom. The molecule has 1 aromatic heterocycles. The molecule has 0 bridgehead atoms. The van der Waals surface area contributed by atoms with Crippen molar-refractivity contribution >= 4 is 45.6 Å². The van der Waals surface area contributed by atoms with Crippen LogP contribution in [0.15, 0.2) is 29.8 Å². The Kier molecular flexibility index (Phi) is 4.99. The van der Waals surface area contributed by atoms with E-state index in [-0.39, 0.29) is 12.3 Å². The smallest absolute Gasteiger partial charge is 0.231 e. The van der Waals surface area contributed by atoms with Crippen LogP contribution in [0.3, 0.4) is 0 Å². The molecule has 0 aliphatic rings. The number of hydrogen-bond donors (Lipinski definition) is 1. The van der Waals surface area contributed by atoms with Crippen LogP contribution in [0.2, 0.25) is 10.0 Å². The van der Waals surface area contributed by atoms with Crippen LogP contribution in [0.4, 0.5) is 5.13 Å². The molecule has 1 heterocycles. The van der Waals surface area contributed by atoms with Gasteiger partial charge in [0, 0.05) is 28.7 Å². The number of carbonyl (C=O) groups excluding carboxylic acids is 1. The summed E-state index contributed by atoms with van der Waals surface area (Å²) in [5.74, 6) is -0.233. The van der Waals surface area contributed by atoms with E-state index in [0.717, 1.165) is 0 Å². The number of carbonyl (C=O) groups is 1. The maximum Gasteiger partial charge on any atom is 0.231 e. The number of thiazole rings is 1. The monoisotopic (exact) mass is 330 g/mol. The van der Waals surface area contributed by atoms with Crippen molar-refractivity contribution in [3.05, 3.63) is 45.4 Å². The normalized spacial score (nSPS) is 12.2. The molecule has 20 heavy (non-hydrogen) atoms. The van der Waals surface area contributed by atoms with Gasteiger partial charge in [0.05, 0.1) is 12.5 Å². The van der Waals surface area contributed by atoms with Gasteiger partial charge in [0.2, 0.25) is 5.91 Å². The lowest BCUT2D eigenvalue weighted by Gasteiger charge is -2.17. The highest BCUT2D eigenvalue weighted by atomic mass is 35.5. The van der Waals surface area contributed by atoms with Crippen LogP contribution in [0.1, 0.15) is 18.1 Å². The average Bonchev–Trinajstić information content (AvgIpc) is 2.90. The van der Waals surface area contributed by atoms with E-state index in [4.69, 9.17) is 23.2 Å². The van der Waals surface area contributed by atoms with Crippen molar-refractivity contribution in [2.24, 2.45) is 0 Å². The minimum Gasteiger partial charge on any atom is -0.388 e. The Hall–Kier alpha value is -1.14. The quantitative estimate of drug-likeness (QED) is 0.932. The van der Waals surface area contributed by atoms with E-state index < -0.39 is 6.10 Å². The minimum absolute atomic E-state index is 0.0627. The minimum atomic E-state index is -0.957. The summed E-state index contributed by atoms with van der Waals surface area (Å²) < 4.78 is 0. The van der Waals surface area contributed by atoms with E-state index in [1.807, 2.05) is 0 Å². The Balaban J connectivity index is 2.07. The highest BCUT2D eigenvalue weighted by molar-refractivity contribution is 7.13. The lowest BCUT2D eigenvalue weighted by Crippen LogP contribution is -2.27. The third kappa shape index (κ3) is 3.70. The zero-order valence-corrected chi connectivity index (χ0v) is 12.9.